The number of ether oxygens (including phenoxy) is 1. The van der Waals surface area contributed by atoms with Crippen LogP contribution in [0.3, 0.4) is 0 Å². The highest BCUT2D eigenvalue weighted by molar-refractivity contribution is 6.13. The maximum absolute atomic E-state index is 14.5. The number of nitrogens with zero attached hydrogens (tertiary/aromatic N) is 1. The summed E-state index contributed by atoms with van der Waals surface area (Å²) in [7, 11) is 0. The molecule has 1 aliphatic rings. The fourth-order valence-corrected chi connectivity index (χ4v) is 3.31. The summed E-state index contributed by atoms with van der Waals surface area (Å²) in [6, 6.07) is 14.8. The van der Waals surface area contributed by atoms with Crippen LogP contribution in [-0.4, -0.2) is 37.3 Å². The van der Waals surface area contributed by atoms with E-state index in [1.54, 1.807) is 36.4 Å². The van der Waals surface area contributed by atoms with Crippen molar-refractivity contribution < 1.29 is 19.0 Å². The first-order valence-corrected chi connectivity index (χ1v) is 8.77. The molecule has 3 aromatic carbocycles. The lowest BCUT2D eigenvalue weighted by atomic mass is 10.0. The van der Waals surface area contributed by atoms with Crippen LogP contribution in [0, 0.1) is 5.82 Å². The molecule has 0 spiro atoms. The first-order valence-electron chi connectivity index (χ1n) is 8.77. The minimum Gasteiger partial charge on any atom is -0.508 e. The standard InChI is InChI=1S/C21H19FN2O3/c22-19-13-15(4-7-20(19)24-8-10-27-11-9-24)23-21(26)18-3-1-2-14-12-16(25)5-6-17(14)18/h1-7,12-13,25H,8-11H2,(H,23,26). The van der Waals surface area contributed by atoms with E-state index in [0.717, 1.165) is 10.8 Å². The molecule has 0 radical (unpaired) electrons. The summed E-state index contributed by atoms with van der Waals surface area (Å²) in [6.45, 7) is 2.44. The molecule has 3 aromatic rings. The Bertz CT molecular complexity index is 1000. The highest BCUT2D eigenvalue weighted by Crippen LogP contribution is 2.26. The van der Waals surface area contributed by atoms with Crippen molar-refractivity contribution in [3.8, 4) is 5.75 Å². The van der Waals surface area contributed by atoms with Gasteiger partial charge in [-0.15, -0.1) is 0 Å². The number of benzene rings is 3. The van der Waals surface area contributed by atoms with Crippen molar-refractivity contribution in [2.75, 3.05) is 36.5 Å². The molecule has 1 heterocycles. The third-order valence-electron chi connectivity index (χ3n) is 4.67. The summed E-state index contributed by atoms with van der Waals surface area (Å²) in [5.41, 5.74) is 1.37. The van der Waals surface area contributed by atoms with Crippen LogP contribution >= 0.6 is 0 Å². The molecule has 0 saturated carbocycles. The highest BCUT2D eigenvalue weighted by Gasteiger charge is 2.16. The van der Waals surface area contributed by atoms with Crippen LogP contribution in [-0.2, 0) is 4.74 Å². The second-order valence-electron chi connectivity index (χ2n) is 6.43. The van der Waals surface area contributed by atoms with Crippen molar-refractivity contribution in [2.24, 2.45) is 0 Å². The van der Waals surface area contributed by atoms with Gasteiger partial charge in [0.15, 0.2) is 0 Å². The summed E-state index contributed by atoms with van der Waals surface area (Å²) in [5.74, 6) is -0.566. The zero-order chi connectivity index (χ0) is 18.8. The van der Waals surface area contributed by atoms with E-state index in [1.807, 2.05) is 11.0 Å². The smallest absolute Gasteiger partial charge is 0.256 e. The van der Waals surface area contributed by atoms with E-state index in [9.17, 15) is 14.3 Å². The first-order chi connectivity index (χ1) is 13.1. The molecule has 5 nitrogen and oxygen atoms in total. The number of hydrogen-bond donors (Lipinski definition) is 2. The van der Waals surface area contributed by atoms with E-state index in [1.165, 1.54) is 12.1 Å². The average Bonchev–Trinajstić information content (AvgIpc) is 2.68. The number of morpholine rings is 1. The Kier molecular flexibility index (Phi) is 4.64. The molecule has 0 aromatic heterocycles. The molecular formula is C21H19FN2O3. The van der Waals surface area contributed by atoms with Crippen molar-refractivity contribution in [3.05, 3.63) is 66.0 Å². The summed E-state index contributed by atoms with van der Waals surface area (Å²) >= 11 is 0. The molecule has 4 rings (SSSR count). The van der Waals surface area contributed by atoms with Crippen LogP contribution in [0.15, 0.2) is 54.6 Å². The summed E-state index contributed by atoms with van der Waals surface area (Å²) in [6.07, 6.45) is 0. The second-order valence-corrected chi connectivity index (χ2v) is 6.43. The number of phenolic OH excluding ortho intramolecular Hbond substituents is 1. The number of carbonyl (C=O) groups excluding carboxylic acids is 1. The molecule has 1 amide bonds. The molecule has 1 saturated heterocycles. The van der Waals surface area contributed by atoms with Crippen molar-refractivity contribution in [2.45, 2.75) is 0 Å². The lowest BCUT2D eigenvalue weighted by Crippen LogP contribution is -2.36. The molecule has 2 N–H and O–H groups in total. The van der Waals surface area contributed by atoms with Gasteiger partial charge in [-0.3, -0.25) is 4.79 Å². The zero-order valence-electron chi connectivity index (χ0n) is 14.6. The van der Waals surface area contributed by atoms with Crippen molar-refractivity contribution in [1.82, 2.24) is 0 Å². The molecule has 0 bridgehead atoms. The number of anilines is 2. The number of halogens is 1. The number of carbonyl (C=O) groups is 1. The Labute approximate surface area is 156 Å². The molecule has 0 atom stereocenters. The Balaban J connectivity index is 1.57. The predicted octanol–water partition coefficient (Wildman–Crippen LogP) is 3.77. The predicted molar refractivity (Wildman–Crippen MR) is 103 cm³/mol. The van der Waals surface area contributed by atoms with Gasteiger partial charge in [0.2, 0.25) is 0 Å². The van der Waals surface area contributed by atoms with Gasteiger partial charge in [0, 0.05) is 24.3 Å². The van der Waals surface area contributed by atoms with Gasteiger partial charge in [-0.2, -0.15) is 0 Å². The van der Waals surface area contributed by atoms with Crippen LogP contribution in [0.25, 0.3) is 10.8 Å². The summed E-state index contributed by atoms with van der Waals surface area (Å²) < 4.78 is 19.8. The maximum atomic E-state index is 14.5. The second kappa shape index (κ2) is 7.25. The van der Waals surface area contributed by atoms with Gasteiger partial charge < -0.3 is 20.1 Å². The fourth-order valence-electron chi connectivity index (χ4n) is 3.31. The number of phenols is 1. The van der Waals surface area contributed by atoms with Gasteiger partial charge in [0.05, 0.1) is 18.9 Å². The largest absolute Gasteiger partial charge is 0.508 e. The van der Waals surface area contributed by atoms with Gasteiger partial charge in [0.25, 0.3) is 5.91 Å². The molecule has 6 heteroatoms. The Morgan fingerprint density at radius 1 is 1.07 bits per heavy atom. The topological polar surface area (TPSA) is 61.8 Å². The van der Waals surface area contributed by atoms with Gasteiger partial charge in [-0.1, -0.05) is 12.1 Å². The third-order valence-corrected chi connectivity index (χ3v) is 4.67. The Hall–Kier alpha value is -3.12. The number of aromatic hydroxyl groups is 1. The fraction of sp³-hybridized carbons (Fsp3) is 0.190. The monoisotopic (exact) mass is 366 g/mol. The Morgan fingerprint density at radius 2 is 1.89 bits per heavy atom. The summed E-state index contributed by atoms with van der Waals surface area (Å²) in [5, 5.41) is 13.8. The van der Waals surface area contributed by atoms with E-state index in [4.69, 9.17) is 4.74 Å². The van der Waals surface area contributed by atoms with E-state index >= 15 is 0 Å². The lowest BCUT2D eigenvalue weighted by Gasteiger charge is -2.29. The molecular weight excluding hydrogens is 347 g/mol. The van der Waals surface area contributed by atoms with Gasteiger partial charge in [-0.25, -0.2) is 4.39 Å². The molecule has 138 valence electrons. The maximum Gasteiger partial charge on any atom is 0.256 e. The van der Waals surface area contributed by atoms with Crippen LogP contribution in [0.1, 0.15) is 10.4 Å². The van der Waals surface area contributed by atoms with Gasteiger partial charge in [0.1, 0.15) is 11.6 Å². The van der Waals surface area contributed by atoms with E-state index in [-0.39, 0.29) is 17.5 Å². The van der Waals surface area contributed by atoms with Crippen LogP contribution < -0.4 is 10.2 Å². The van der Waals surface area contributed by atoms with Crippen molar-refractivity contribution in [1.29, 1.82) is 0 Å². The van der Waals surface area contributed by atoms with E-state index in [2.05, 4.69) is 5.32 Å². The number of amides is 1. The molecule has 0 unspecified atom stereocenters. The number of hydrogen-bond acceptors (Lipinski definition) is 4. The minimum atomic E-state index is -0.377. The molecule has 1 aliphatic heterocycles. The minimum absolute atomic E-state index is 0.140. The molecule has 27 heavy (non-hydrogen) atoms. The number of nitrogens with one attached hydrogen (secondary N) is 1. The average molecular weight is 366 g/mol. The van der Waals surface area contributed by atoms with Crippen LogP contribution in [0.2, 0.25) is 0 Å². The summed E-state index contributed by atoms with van der Waals surface area (Å²) in [4.78, 5) is 14.6. The first kappa shape index (κ1) is 17.3. The van der Waals surface area contributed by atoms with Crippen molar-refractivity contribution >= 4 is 28.1 Å². The lowest BCUT2D eigenvalue weighted by molar-refractivity contribution is 0.102. The SMILES string of the molecule is O=C(Nc1ccc(N2CCOCC2)c(F)c1)c1cccc2cc(O)ccc12. The normalized spacial score (nSPS) is 14.3. The van der Waals surface area contributed by atoms with Crippen LogP contribution in [0.4, 0.5) is 15.8 Å². The zero-order valence-corrected chi connectivity index (χ0v) is 14.6. The number of fused-ring (bicyclic) bond motifs is 1. The molecule has 1 fully saturated rings. The highest BCUT2D eigenvalue weighted by atomic mass is 19.1. The Morgan fingerprint density at radius 3 is 2.67 bits per heavy atom. The van der Waals surface area contributed by atoms with Gasteiger partial charge >= 0.3 is 0 Å². The quantitative estimate of drug-likeness (QED) is 0.741. The van der Waals surface area contributed by atoms with Crippen molar-refractivity contribution in [3.63, 3.8) is 0 Å². The number of rotatable bonds is 3. The molecule has 0 aliphatic carbocycles. The van der Waals surface area contributed by atoms with E-state index < -0.39 is 0 Å². The third kappa shape index (κ3) is 3.57. The van der Waals surface area contributed by atoms with Crippen LogP contribution in [0.5, 0.6) is 5.75 Å². The van der Waals surface area contributed by atoms with E-state index in [0.29, 0.717) is 43.2 Å². The van der Waals surface area contributed by atoms with Gasteiger partial charge in [-0.05, 0) is 53.2 Å².